The highest BCUT2D eigenvalue weighted by molar-refractivity contribution is 5.95. The standard InChI is InChI=1S/C11H19NO/c1-3-4-5-11(13)10-6-8-12(2)9-7-10/h6H,3-5,7-9H2,1-2H3. The van der Waals surface area contributed by atoms with Gasteiger partial charge in [-0.25, -0.2) is 0 Å². The zero-order chi connectivity index (χ0) is 9.68. The average Bonchev–Trinajstić information content (AvgIpc) is 2.15. The van der Waals surface area contributed by atoms with Crippen molar-refractivity contribution < 1.29 is 4.79 Å². The zero-order valence-electron chi connectivity index (χ0n) is 8.68. The molecule has 0 atom stereocenters. The molecule has 0 spiro atoms. The summed E-state index contributed by atoms with van der Waals surface area (Å²) in [5.41, 5.74) is 1.06. The number of rotatable bonds is 4. The maximum Gasteiger partial charge on any atom is 0.158 e. The van der Waals surface area contributed by atoms with E-state index in [9.17, 15) is 4.79 Å². The van der Waals surface area contributed by atoms with E-state index in [2.05, 4.69) is 24.9 Å². The highest BCUT2D eigenvalue weighted by atomic mass is 16.1. The molecule has 0 aromatic heterocycles. The fourth-order valence-electron chi connectivity index (χ4n) is 1.52. The van der Waals surface area contributed by atoms with Gasteiger partial charge in [0.05, 0.1) is 0 Å². The summed E-state index contributed by atoms with van der Waals surface area (Å²) in [5, 5.41) is 0. The van der Waals surface area contributed by atoms with Crippen LogP contribution in [0.4, 0.5) is 0 Å². The Balaban J connectivity index is 2.38. The maximum atomic E-state index is 11.6. The molecule has 0 aliphatic carbocycles. The predicted molar refractivity (Wildman–Crippen MR) is 54.7 cm³/mol. The van der Waals surface area contributed by atoms with Crippen molar-refractivity contribution in [3.63, 3.8) is 0 Å². The third kappa shape index (κ3) is 3.31. The van der Waals surface area contributed by atoms with Crippen LogP contribution in [-0.2, 0) is 4.79 Å². The number of carbonyl (C=O) groups is 1. The Morgan fingerprint density at radius 3 is 2.92 bits per heavy atom. The van der Waals surface area contributed by atoms with Crippen LogP contribution in [0.25, 0.3) is 0 Å². The van der Waals surface area contributed by atoms with E-state index in [0.717, 1.165) is 44.3 Å². The molecule has 74 valence electrons. The minimum Gasteiger partial charge on any atom is -0.302 e. The molecule has 0 amide bonds. The number of ketones is 1. The normalized spacial score (nSPS) is 18.5. The molecular weight excluding hydrogens is 162 g/mol. The molecule has 13 heavy (non-hydrogen) atoms. The number of unbranched alkanes of at least 4 members (excludes halogenated alkanes) is 1. The number of hydrogen-bond acceptors (Lipinski definition) is 2. The van der Waals surface area contributed by atoms with Gasteiger partial charge in [-0.1, -0.05) is 19.4 Å². The fraction of sp³-hybridized carbons (Fsp3) is 0.727. The number of likely N-dealkylation sites (N-methyl/N-ethyl adjacent to an activating group) is 1. The van der Waals surface area contributed by atoms with Gasteiger partial charge < -0.3 is 4.90 Å². The molecule has 1 rings (SSSR count). The molecule has 2 heteroatoms. The van der Waals surface area contributed by atoms with E-state index in [1.165, 1.54) is 0 Å². The minimum atomic E-state index is 0.370. The summed E-state index contributed by atoms with van der Waals surface area (Å²) >= 11 is 0. The monoisotopic (exact) mass is 181 g/mol. The summed E-state index contributed by atoms with van der Waals surface area (Å²) in [6.07, 6.45) is 5.91. The van der Waals surface area contributed by atoms with Gasteiger partial charge in [-0.2, -0.15) is 0 Å². The predicted octanol–water partition coefficient (Wildman–Crippen LogP) is 2.01. The lowest BCUT2D eigenvalue weighted by Crippen LogP contribution is -2.26. The van der Waals surface area contributed by atoms with E-state index in [0.29, 0.717) is 5.78 Å². The Morgan fingerprint density at radius 1 is 1.62 bits per heavy atom. The summed E-state index contributed by atoms with van der Waals surface area (Å²) in [5.74, 6) is 0.370. The van der Waals surface area contributed by atoms with Gasteiger partial charge in [-0.05, 0) is 25.5 Å². The van der Waals surface area contributed by atoms with Gasteiger partial charge in [-0.3, -0.25) is 4.79 Å². The highest BCUT2D eigenvalue weighted by Crippen LogP contribution is 2.13. The third-order valence-corrected chi connectivity index (χ3v) is 2.53. The Labute approximate surface area is 80.6 Å². The lowest BCUT2D eigenvalue weighted by atomic mass is 10.0. The molecule has 0 aromatic carbocycles. The fourth-order valence-corrected chi connectivity index (χ4v) is 1.52. The Hall–Kier alpha value is -0.630. The number of Topliss-reactive ketones (excluding diaryl/α,β-unsaturated/α-hetero) is 1. The van der Waals surface area contributed by atoms with Gasteiger partial charge in [-0.15, -0.1) is 0 Å². The van der Waals surface area contributed by atoms with E-state index in [1.54, 1.807) is 0 Å². The van der Waals surface area contributed by atoms with Crippen LogP contribution in [-0.4, -0.2) is 30.8 Å². The van der Waals surface area contributed by atoms with Crippen LogP contribution in [0.15, 0.2) is 11.6 Å². The molecular formula is C11H19NO. The second-order valence-electron chi connectivity index (χ2n) is 3.77. The van der Waals surface area contributed by atoms with Crippen molar-refractivity contribution in [2.45, 2.75) is 32.6 Å². The van der Waals surface area contributed by atoms with Crippen molar-refractivity contribution in [3.8, 4) is 0 Å². The zero-order valence-corrected chi connectivity index (χ0v) is 8.68. The molecule has 0 fully saturated rings. The summed E-state index contributed by atoms with van der Waals surface area (Å²) in [7, 11) is 2.09. The summed E-state index contributed by atoms with van der Waals surface area (Å²) in [4.78, 5) is 13.8. The van der Waals surface area contributed by atoms with Crippen LogP contribution in [0.3, 0.4) is 0 Å². The quantitative estimate of drug-likeness (QED) is 0.661. The Bertz CT molecular complexity index is 208. The average molecular weight is 181 g/mol. The number of nitrogens with zero attached hydrogens (tertiary/aromatic N) is 1. The van der Waals surface area contributed by atoms with Crippen LogP contribution in [0.5, 0.6) is 0 Å². The lowest BCUT2D eigenvalue weighted by molar-refractivity contribution is -0.115. The first kappa shape index (κ1) is 10.5. The SMILES string of the molecule is CCCCC(=O)C1=CCN(C)CC1. The van der Waals surface area contributed by atoms with Crippen molar-refractivity contribution in [2.24, 2.45) is 0 Å². The Kier molecular flexibility index (Phi) is 4.16. The van der Waals surface area contributed by atoms with E-state index >= 15 is 0 Å². The lowest BCUT2D eigenvalue weighted by Gasteiger charge is -2.21. The molecule has 0 saturated carbocycles. The van der Waals surface area contributed by atoms with Crippen molar-refractivity contribution in [1.82, 2.24) is 4.90 Å². The van der Waals surface area contributed by atoms with Gasteiger partial charge in [0, 0.05) is 19.5 Å². The molecule has 0 saturated heterocycles. The van der Waals surface area contributed by atoms with Gasteiger partial charge >= 0.3 is 0 Å². The second kappa shape index (κ2) is 5.18. The van der Waals surface area contributed by atoms with Crippen molar-refractivity contribution in [1.29, 1.82) is 0 Å². The first-order valence-corrected chi connectivity index (χ1v) is 5.14. The van der Waals surface area contributed by atoms with Crippen LogP contribution < -0.4 is 0 Å². The van der Waals surface area contributed by atoms with Crippen molar-refractivity contribution in [2.75, 3.05) is 20.1 Å². The second-order valence-corrected chi connectivity index (χ2v) is 3.77. The molecule has 1 aliphatic rings. The molecule has 0 bridgehead atoms. The maximum absolute atomic E-state index is 11.6. The van der Waals surface area contributed by atoms with Crippen LogP contribution in [0, 0.1) is 0 Å². The smallest absolute Gasteiger partial charge is 0.158 e. The van der Waals surface area contributed by atoms with Gasteiger partial charge in [0.2, 0.25) is 0 Å². The van der Waals surface area contributed by atoms with Crippen molar-refractivity contribution in [3.05, 3.63) is 11.6 Å². The first-order valence-electron chi connectivity index (χ1n) is 5.14. The van der Waals surface area contributed by atoms with E-state index in [4.69, 9.17) is 0 Å². The van der Waals surface area contributed by atoms with Crippen molar-refractivity contribution >= 4 is 5.78 Å². The van der Waals surface area contributed by atoms with Gasteiger partial charge in [0.15, 0.2) is 5.78 Å². The Morgan fingerprint density at radius 2 is 2.38 bits per heavy atom. The van der Waals surface area contributed by atoms with Gasteiger partial charge in [0.1, 0.15) is 0 Å². The first-order chi connectivity index (χ1) is 6.24. The van der Waals surface area contributed by atoms with Crippen LogP contribution in [0.2, 0.25) is 0 Å². The minimum absolute atomic E-state index is 0.370. The van der Waals surface area contributed by atoms with E-state index < -0.39 is 0 Å². The molecule has 0 N–H and O–H groups in total. The van der Waals surface area contributed by atoms with Crippen LogP contribution in [0.1, 0.15) is 32.6 Å². The van der Waals surface area contributed by atoms with Gasteiger partial charge in [0.25, 0.3) is 0 Å². The summed E-state index contributed by atoms with van der Waals surface area (Å²) < 4.78 is 0. The molecule has 2 nitrogen and oxygen atoms in total. The number of hydrogen-bond donors (Lipinski definition) is 0. The molecule has 1 aliphatic heterocycles. The highest BCUT2D eigenvalue weighted by Gasteiger charge is 2.13. The molecule has 0 unspecified atom stereocenters. The topological polar surface area (TPSA) is 20.3 Å². The van der Waals surface area contributed by atoms with E-state index in [1.807, 2.05) is 0 Å². The number of carbonyl (C=O) groups excluding carboxylic acids is 1. The molecule has 1 heterocycles. The summed E-state index contributed by atoms with van der Waals surface area (Å²) in [6, 6.07) is 0. The van der Waals surface area contributed by atoms with E-state index in [-0.39, 0.29) is 0 Å². The summed E-state index contributed by atoms with van der Waals surface area (Å²) in [6.45, 7) is 4.09. The third-order valence-electron chi connectivity index (χ3n) is 2.53. The van der Waals surface area contributed by atoms with Crippen LogP contribution >= 0.6 is 0 Å². The largest absolute Gasteiger partial charge is 0.302 e. The molecule has 0 radical (unpaired) electrons. The molecule has 0 aromatic rings.